The van der Waals surface area contributed by atoms with E-state index in [1.807, 2.05) is 0 Å². The summed E-state index contributed by atoms with van der Waals surface area (Å²) in [7, 11) is 0. The Morgan fingerprint density at radius 1 is 1.13 bits per heavy atom. The van der Waals surface area contributed by atoms with Gasteiger partial charge in [-0.2, -0.15) is 35.7 Å². The second-order valence-electron chi connectivity index (χ2n) is 6.06. The van der Waals surface area contributed by atoms with Crippen molar-refractivity contribution < 1.29 is 40.0 Å². The van der Waals surface area contributed by atoms with E-state index in [2.05, 4.69) is 19.7 Å². The van der Waals surface area contributed by atoms with Crippen LogP contribution in [0.15, 0.2) is 34.2 Å². The molecule has 0 aliphatic heterocycles. The zero-order valence-electron chi connectivity index (χ0n) is 14.7. The molecule has 0 spiro atoms. The smallest absolute Gasteiger partial charge is 0.460 e. The molecule has 0 saturated heterocycles. The lowest BCUT2D eigenvalue weighted by Gasteiger charge is -2.27. The zero-order chi connectivity index (χ0) is 22.2. The number of rotatable bonds is 8. The molecule has 0 aliphatic carbocycles. The highest BCUT2D eigenvalue weighted by Crippen LogP contribution is 2.46. The number of nitrogens with one attached hydrogen (secondary N) is 1. The van der Waals surface area contributed by atoms with Gasteiger partial charge in [0.1, 0.15) is 17.0 Å². The van der Waals surface area contributed by atoms with E-state index in [1.165, 1.54) is 11.3 Å². The zero-order valence-corrected chi connectivity index (χ0v) is 16.3. The van der Waals surface area contributed by atoms with Gasteiger partial charge in [0.05, 0.1) is 5.52 Å². The van der Waals surface area contributed by atoms with E-state index in [9.17, 15) is 35.3 Å². The Morgan fingerprint density at radius 2 is 1.87 bits per heavy atom. The van der Waals surface area contributed by atoms with Crippen molar-refractivity contribution in [2.45, 2.75) is 29.6 Å². The molecule has 0 radical (unpaired) electrons. The molecule has 0 aromatic carbocycles. The molecule has 3 heterocycles. The normalized spacial score (nSPS) is 14.3. The summed E-state index contributed by atoms with van der Waals surface area (Å²) >= 11 is -0.107. The Kier molecular flexibility index (Phi) is 6.20. The van der Waals surface area contributed by atoms with E-state index in [0.717, 1.165) is 23.8 Å². The topological polar surface area (TPSA) is 73.9 Å². The van der Waals surface area contributed by atoms with Gasteiger partial charge in [-0.05, 0) is 6.07 Å². The number of aromatic amines is 1. The summed E-state index contributed by atoms with van der Waals surface area (Å²) in [5.41, 5.74) is 1.61. The molecule has 3 aromatic heterocycles. The number of H-pyrrole nitrogens is 1. The molecular weight excluding hydrogens is 463 g/mol. The van der Waals surface area contributed by atoms with E-state index >= 15 is 0 Å². The first-order valence-corrected chi connectivity index (χ1v) is 10.4. The van der Waals surface area contributed by atoms with Gasteiger partial charge in [0.2, 0.25) is 0 Å². The first-order chi connectivity index (χ1) is 13.9. The highest BCUT2D eigenvalue weighted by Gasteiger charge is 2.73. The number of alkyl halides is 7. The van der Waals surface area contributed by atoms with Gasteiger partial charge in [-0.25, -0.2) is 0 Å². The van der Waals surface area contributed by atoms with Crippen LogP contribution in [-0.4, -0.2) is 49.9 Å². The molecule has 0 amide bonds. The maximum absolute atomic E-state index is 13.3. The van der Waals surface area contributed by atoms with Crippen LogP contribution in [0.1, 0.15) is 5.69 Å². The number of fused-ring (bicyclic) bond motifs is 1. The highest BCUT2D eigenvalue weighted by molar-refractivity contribution is 7.91. The summed E-state index contributed by atoms with van der Waals surface area (Å²) in [4.78, 5) is 11.0. The van der Waals surface area contributed by atoms with Crippen LogP contribution in [0.25, 0.3) is 11.0 Å². The van der Waals surface area contributed by atoms with Gasteiger partial charge in [-0.3, -0.25) is 9.97 Å². The third-order valence-electron chi connectivity index (χ3n) is 3.89. The van der Waals surface area contributed by atoms with Crippen molar-refractivity contribution in [3.8, 4) is 5.75 Å². The number of aromatic nitrogens is 3. The van der Waals surface area contributed by atoms with E-state index < -0.39 is 35.8 Å². The molecule has 1 unspecified atom stereocenters. The first-order valence-electron chi connectivity index (χ1n) is 8.11. The van der Waals surface area contributed by atoms with Gasteiger partial charge < -0.3 is 9.29 Å². The standard InChI is InChI=1S/C16H12F7N3O2S2/c17-14(18,15(19,20)16(21,22)23)8-28-10-1-3-24-9(5-10)2-4-30(27)13-25-11-6-29-7-12(11)26-13/h1,3,5-7H,2,4,8H2,(H,25,26). The number of halogens is 7. The Labute approximate surface area is 171 Å². The third kappa shape index (κ3) is 4.64. The lowest BCUT2D eigenvalue weighted by Crippen LogP contribution is -2.54. The van der Waals surface area contributed by atoms with Crippen LogP contribution in [0.2, 0.25) is 0 Å². The van der Waals surface area contributed by atoms with Crippen LogP contribution in [0.5, 0.6) is 5.75 Å². The van der Waals surface area contributed by atoms with Crippen LogP contribution < -0.4 is 4.74 Å². The molecule has 1 atom stereocenters. The Hall–Kier alpha value is -2.06. The summed E-state index contributed by atoms with van der Waals surface area (Å²) in [6.45, 7) is -2.18. The fourth-order valence-electron chi connectivity index (χ4n) is 2.28. The number of hydrogen-bond donors (Lipinski definition) is 1. The van der Waals surface area contributed by atoms with Crippen molar-refractivity contribution in [1.29, 1.82) is 0 Å². The summed E-state index contributed by atoms with van der Waals surface area (Å²) in [5, 5.41) is 3.81. The molecular formula is C16H12F7N3O2S2. The molecule has 5 nitrogen and oxygen atoms in total. The number of nitrogens with zero attached hydrogens (tertiary/aromatic N) is 2. The molecule has 3 aromatic rings. The van der Waals surface area contributed by atoms with Crippen LogP contribution >= 0.6 is 11.3 Å². The fraction of sp³-hybridized carbons (Fsp3) is 0.375. The molecule has 3 rings (SSSR count). The second kappa shape index (κ2) is 8.23. The Morgan fingerprint density at radius 3 is 2.53 bits per heavy atom. The molecule has 0 aliphatic rings. The van der Waals surface area contributed by atoms with Gasteiger partial charge in [0.15, 0.2) is 6.61 Å². The first kappa shape index (κ1) is 22.6. The van der Waals surface area contributed by atoms with Crippen LogP contribution in [0.4, 0.5) is 30.7 Å². The number of thiophene rings is 1. The Balaban J connectivity index is 1.60. The summed E-state index contributed by atoms with van der Waals surface area (Å²) in [5.74, 6) is -12.0. The van der Waals surface area contributed by atoms with Gasteiger partial charge in [0.25, 0.3) is 0 Å². The fourth-order valence-corrected chi connectivity index (χ4v) is 3.98. The average molecular weight is 475 g/mol. The van der Waals surface area contributed by atoms with Gasteiger partial charge >= 0.3 is 23.2 Å². The largest absolute Gasteiger partial charge is 0.609 e. The van der Waals surface area contributed by atoms with Crippen LogP contribution in [-0.2, 0) is 17.6 Å². The van der Waals surface area contributed by atoms with E-state index in [4.69, 9.17) is 0 Å². The molecule has 0 saturated carbocycles. The molecule has 30 heavy (non-hydrogen) atoms. The number of aryl methyl sites for hydroxylation is 1. The second-order valence-corrected chi connectivity index (χ2v) is 8.29. The monoisotopic (exact) mass is 475 g/mol. The predicted molar refractivity (Wildman–Crippen MR) is 94.6 cm³/mol. The molecule has 1 N–H and O–H groups in total. The summed E-state index contributed by atoms with van der Waals surface area (Å²) in [6, 6.07) is 2.13. The van der Waals surface area contributed by atoms with E-state index in [-0.39, 0.29) is 28.8 Å². The van der Waals surface area contributed by atoms with Crippen molar-refractivity contribution in [1.82, 2.24) is 15.0 Å². The molecule has 14 heteroatoms. The van der Waals surface area contributed by atoms with E-state index in [0.29, 0.717) is 5.52 Å². The molecule has 0 bridgehead atoms. The summed E-state index contributed by atoms with van der Waals surface area (Å²) < 4.78 is 106. The number of hydrogen-bond acceptors (Lipinski definition) is 5. The van der Waals surface area contributed by atoms with Crippen molar-refractivity contribution in [3.05, 3.63) is 34.8 Å². The maximum Gasteiger partial charge on any atom is 0.460 e. The number of ether oxygens (including phenoxy) is 1. The van der Waals surface area contributed by atoms with Gasteiger partial charge in [-0.1, -0.05) is 0 Å². The minimum atomic E-state index is -6.42. The molecule has 0 fully saturated rings. The van der Waals surface area contributed by atoms with Crippen molar-refractivity contribution in [2.24, 2.45) is 0 Å². The van der Waals surface area contributed by atoms with E-state index in [1.54, 1.807) is 10.8 Å². The number of imidazole rings is 1. The van der Waals surface area contributed by atoms with Gasteiger partial charge in [0, 0.05) is 46.3 Å². The van der Waals surface area contributed by atoms with Crippen molar-refractivity contribution in [2.75, 3.05) is 12.4 Å². The Bertz CT molecular complexity index is 978. The minimum absolute atomic E-state index is 0.0539. The SMILES string of the molecule is [O-][S+](CCc1cc(OCC(F)(F)C(F)(F)C(F)(F)F)ccn1)c1nc2cscc2[nH]1. The number of pyridine rings is 1. The lowest BCUT2D eigenvalue weighted by molar-refractivity contribution is -0.358. The average Bonchev–Trinajstić information content (AvgIpc) is 3.26. The quantitative estimate of drug-likeness (QED) is 0.382. The minimum Gasteiger partial charge on any atom is -0.609 e. The van der Waals surface area contributed by atoms with Crippen molar-refractivity contribution >= 4 is 33.5 Å². The van der Waals surface area contributed by atoms with Gasteiger partial charge in [-0.15, -0.1) is 11.3 Å². The predicted octanol–water partition coefficient (Wildman–Crippen LogP) is 4.58. The van der Waals surface area contributed by atoms with Crippen LogP contribution in [0, 0.1) is 0 Å². The maximum atomic E-state index is 13.3. The molecule has 164 valence electrons. The lowest BCUT2D eigenvalue weighted by atomic mass is 10.2. The van der Waals surface area contributed by atoms with Crippen molar-refractivity contribution in [3.63, 3.8) is 0 Å². The summed E-state index contributed by atoms with van der Waals surface area (Å²) in [6.07, 6.45) is -5.23. The highest BCUT2D eigenvalue weighted by atomic mass is 32.2. The van der Waals surface area contributed by atoms with Crippen LogP contribution in [0.3, 0.4) is 0 Å². The third-order valence-corrected chi connectivity index (χ3v) is 5.82.